The number of amides is 1. The first-order valence-electron chi connectivity index (χ1n) is 9.14. The maximum absolute atomic E-state index is 12.5. The van der Waals surface area contributed by atoms with Crippen LogP contribution in [-0.2, 0) is 4.74 Å². The quantitative estimate of drug-likeness (QED) is 0.875. The van der Waals surface area contributed by atoms with Crippen LogP contribution < -0.4 is 4.74 Å². The van der Waals surface area contributed by atoms with Gasteiger partial charge >= 0.3 is 6.09 Å². The van der Waals surface area contributed by atoms with Crippen molar-refractivity contribution in [2.45, 2.75) is 70.2 Å². The number of nitrogens with zero attached hydrogens (tertiary/aromatic N) is 1. The summed E-state index contributed by atoms with van der Waals surface area (Å²) < 4.78 is 11.8. The fraction of sp³-hybridized carbons (Fsp3) is 0.550. The fourth-order valence-electron chi connectivity index (χ4n) is 4.13. The van der Waals surface area contributed by atoms with E-state index in [1.54, 1.807) is 0 Å². The molecule has 2 atom stereocenters. The second-order valence-electron chi connectivity index (χ2n) is 8.21. The van der Waals surface area contributed by atoms with E-state index in [4.69, 9.17) is 9.47 Å². The molecule has 5 nitrogen and oxygen atoms in total. The van der Waals surface area contributed by atoms with Gasteiger partial charge in [-0.15, -0.1) is 0 Å². The van der Waals surface area contributed by atoms with Crippen LogP contribution in [0.1, 0.15) is 46.5 Å². The summed E-state index contributed by atoms with van der Waals surface area (Å²) in [5, 5.41) is 1.16. The average Bonchev–Trinajstić information content (AvgIpc) is 3.08. The van der Waals surface area contributed by atoms with Gasteiger partial charge in [0.1, 0.15) is 17.5 Å². The molecule has 1 aromatic carbocycles. The maximum Gasteiger partial charge on any atom is 0.410 e. The predicted molar refractivity (Wildman–Crippen MR) is 96.8 cm³/mol. The van der Waals surface area contributed by atoms with Gasteiger partial charge in [-0.25, -0.2) is 4.79 Å². The third-order valence-corrected chi connectivity index (χ3v) is 5.12. The normalized spacial score (nSPS) is 26.0. The molecule has 0 spiro atoms. The smallest absolute Gasteiger partial charge is 0.410 e. The Morgan fingerprint density at radius 3 is 2.56 bits per heavy atom. The molecule has 1 N–H and O–H groups in total. The van der Waals surface area contributed by atoms with Crippen LogP contribution in [0.15, 0.2) is 30.5 Å². The summed E-state index contributed by atoms with van der Waals surface area (Å²) in [6.45, 7) is 5.75. The molecule has 2 aliphatic heterocycles. The lowest BCUT2D eigenvalue weighted by atomic mass is 10.00. The van der Waals surface area contributed by atoms with E-state index in [9.17, 15) is 4.79 Å². The number of benzene rings is 1. The van der Waals surface area contributed by atoms with Gasteiger partial charge in [-0.2, -0.15) is 0 Å². The van der Waals surface area contributed by atoms with Crippen molar-refractivity contribution in [2.24, 2.45) is 0 Å². The van der Waals surface area contributed by atoms with Gasteiger partial charge in [0.15, 0.2) is 0 Å². The molecular formula is C20H26N2O3. The van der Waals surface area contributed by atoms with Crippen LogP contribution in [0, 0.1) is 0 Å². The number of hydrogen-bond acceptors (Lipinski definition) is 3. The first-order valence-corrected chi connectivity index (χ1v) is 9.14. The summed E-state index contributed by atoms with van der Waals surface area (Å²) in [7, 11) is 0. The number of H-pyrrole nitrogens is 1. The van der Waals surface area contributed by atoms with Crippen molar-refractivity contribution in [1.29, 1.82) is 0 Å². The van der Waals surface area contributed by atoms with Crippen LogP contribution in [0.5, 0.6) is 5.75 Å². The molecule has 4 rings (SSSR count). The monoisotopic (exact) mass is 342 g/mol. The largest absolute Gasteiger partial charge is 0.490 e. The Morgan fingerprint density at radius 2 is 1.88 bits per heavy atom. The van der Waals surface area contributed by atoms with E-state index < -0.39 is 5.60 Å². The van der Waals surface area contributed by atoms with Crippen molar-refractivity contribution in [3.63, 3.8) is 0 Å². The van der Waals surface area contributed by atoms with Crippen molar-refractivity contribution in [2.75, 3.05) is 0 Å². The van der Waals surface area contributed by atoms with Crippen LogP contribution >= 0.6 is 0 Å². The first-order chi connectivity index (χ1) is 11.9. The third kappa shape index (κ3) is 3.32. The summed E-state index contributed by atoms with van der Waals surface area (Å²) in [4.78, 5) is 17.7. The zero-order valence-electron chi connectivity index (χ0n) is 15.1. The summed E-state index contributed by atoms with van der Waals surface area (Å²) in [5.74, 6) is 0.905. The molecule has 25 heavy (non-hydrogen) atoms. The highest BCUT2D eigenvalue weighted by atomic mass is 16.6. The molecule has 1 amide bonds. The van der Waals surface area contributed by atoms with Gasteiger partial charge in [0.2, 0.25) is 0 Å². The second-order valence-corrected chi connectivity index (χ2v) is 8.21. The van der Waals surface area contributed by atoms with Gasteiger partial charge in [-0.05, 0) is 57.9 Å². The maximum atomic E-state index is 12.5. The molecule has 0 radical (unpaired) electrons. The van der Waals surface area contributed by atoms with E-state index in [0.29, 0.717) is 0 Å². The number of carbonyl (C=O) groups is 1. The number of fused-ring (bicyclic) bond motifs is 3. The van der Waals surface area contributed by atoms with E-state index in [2.05, 4.69) is 23.2 Å². The minimum atomic E-state index is -0.449. The van der Waals surface area contributed by atoms with E-state index in [-0.39, 0.29) is 24.3 Å². The third-order valence-electron chi connectivity index (χ3n) is 5.12. The SMILES string of the molecule is CC(C)(C)OC(=O)N1C2CCC1CC(Oc1ccc3[nH]ccc3c1)C2. The lowest BCUT2D eigenvalue weighted by Gasteiger charge is -2.39. The molecule has 5 heteroatoms. The number of carbonyl (C=O) groups excluding carboxylic acids is 1. The molecule has 3 heterocycles. The topological polar surface area (TPSA) is 54.6 Å². The number of rotatable bonds is 2. The molecule has 0 aliphatic carbocycles. The Hall–Kier alpha value is -2.17. The standard InChI is InChI=1S/C20H26N2O3/c1-20(2,3)25-19(23)22-14-4-5-15(22)12-17(11-14)24-16-6-7-18-13(10-16)8-9-21-18/h6-10,14-15,17,21H,4-5,11-12H2,1-3H3. The Balaban J connectivity index is 1.43. The first kappa shape index (κ1) is 16.3. The average molecular weight is 342 g/mol. The Kier molecular flexibility index (Phi) is 3.89. The summed E-state index contributed by atoms with van der Waals surface area (Å²) >= 11 is 0. The van der Waals surface area contributed by atoms with Crippen molar-refractivity contribution in [1.82, 2.24) is 9.88 Å². The molecule has 2 unspecified atom stereocenters. The molecule has 2 bridgehead atoms. The molecule has 2 saturated heterocycles. The van der Waals surface area contributed by atoms with Crippen molar-refractivity contribution < 1.29 is 14.3 Å². The number of ether oxygens (including phenoxy) is 2. The number of nitrogens with one attached hydrogen (secondary N) is 1. The number of aromatic nitrogens is 1. The fourth-order valence-corrected chi connectivity index (χ4v) is 4.13. The lowest BCUT2D eigenvalue weighted by molar-refractivity contribution is -0.00705. The molecule has 0 saturated carbocycles. The van der Waals surface area contributed by atoms with Crippen LogP contribution in [0.2, 0.25) is 0 Å². The number of aromatic amines is 1. The summed E-state index contributed by atoms with van der Waals surface area (Å²) in [5.41, 5.74) is 0.669. The van der Waals surface area contributed by atoms with Crippen LogP contribution in [-0.4, -0.2) is 39.8 Å². The molecule has 2 fully saturated rings. The van der Waals surface area contributed by atoms with Crippen LogP contribution in [0.4, 0.5) is 4.79 Å². The Morgan fingerprint density at radius 1 is 1.16 bits per heavy atom. The summed E-state index contributed by atoms with van der Waals surface area (Å²) in [6.07, 6.45) is 5.76. The van der Waals surface area contributed by atoms with E-state index >= 15 is 0 Å². The van der Waals surface area contributed by atoms with Crippen molar-refractivity contribution >= 4 is 17.0 Å². The van der Waals surface area contributed by atoms with Gasteiger partial charge in [0.25, 0.3) is 0 Å². The van der Waals surface area contributed by atoms with Crippen LogP contribution in [0.25, 0.3) is 10.9 Å². The van der Waals surface area contributed by atoms with Gasteiger partial charge < -0.3 is 19.4 Å². The highest BCUT2D eigenvalue weighted by Crippen LogP contribution is 2.38. The second kappa shape index (κ2) is 5.97. The van der Waals surface area contributed by atoms with Gasteiger partial charge in [0.05, 0.1) is 0 Å². The number of piperidine rings is 1. The lowest BCUT2D eigenvalue weighted by Crippen LogP contribution is -2.50. The minimum Gasteiger partial charge on any atom is -0.490 e. The Labute approximate surface area is 148 Å². The molecule has 1 aromatic heterocycles. The summed E-state index contributed by atoms with van der Waals surface area (Å²) in [6, 6.07) is 8.66. The van der Waals surface area contributed by atoms with Crippen LogP contribution in [0.3, 0.4) is 0 Å². The van der Waals surface area contributed by atoms with Crippen molar-refractivity contribution in [3.05, 3.63) is 30.5 Å². The van der Waals surface area contributed by atoms with E-state index in [1.807, 2.05) is 37.9 Å². The van der Waals surface area contributed by atoms with Gasteiger partial charge in [-0.1, -0.05) is 0 Å². The van der Waals surface area contributed by atoms with Gasteiger partial charge in [0, 0.05) is 42.0 Å². The van der Waals surface area contributed by atoms with E-state index in [0.717, 1.165) is 42.3 Å². The molecular weight excluding hydrogens is 316 g/mol. The molecule has 2 aliphatic rings. The zero-order valence-corrected chi connectivity index (χ0v) is 15.1. The zero-order chi connectivity index (χ0) is 17.6. The molecule has 134 valence electrons. The minimum absolute atomic E-state index is 0.160. The predicted octanol–water partition coefficient (Wildman–Crippen LogP) is 4.48. The Bertz CT molecular complexity index is 763. The van der Waals surface area contributed by atoms with Crippen molar-refractivity contribution in [3.8, 4) is 5.75 Å². The van der Waals surface area contributed by atoms with E-state index in [1.165, 1.54) is 0 Å². The van der Waals surface area contributed by atoms with Gasteiger partial charge in [-0.3, -0.25) is 0 Å². The number of hydrogen-bond donors (Lipinski definition) is 1. The highest BCUT2D eigenvalue weighted by molar-refractivity contribution is 5.80. The molecule has 2 aromatic rings. The highest BCUT2D eigenvalue weighted by Gasteiger charge is 2.45.